The van der Waals surface area contributed by atoms with Gasteiger partial charge in [0.25, 0.3) is 5.91 Å². The van der Waals surface area contributed by atoms with E-state index in [1.165, 1.54) is 19.3 Å². The molecule has 1 aliphatic rings. The Bertz CT molecular complexity index is 746. The molecule has 0 aliphatic heterocycles. The van der Waals surface area contributed by atoms with E-state index in [4.69, 9.17) is 4.74 Å². The molecule has 1 aromatic rings. The fourth-order valence-corrected chi connectivity index (χ4v) is 3.28. The summed E-state index contributed by atoms with van der Waals surface area (Å²) in [5.41, 5.74) is 0.641. The highest BCUT2D eigenvalue weighted by atomic mass is 16.5. The number of anilines is 1. The van der Waals surface area contributed by atoms with Crippen LogP contribution in [0.25, 0.3) is 0 Å². The summed E-state index contributed by atoms with van der Waals surface area (Å²) in [6, 6.07) is 9.00. The zero-order chi connectivity index (χ0) is 20.4. The first kappa shape index (κ1) is 21.5. The Labute approximate surface area is 167 Å². The highest BCUT2D eigenvalue weighted by molar-refractivity contribution is 6.09. The third kappa shape index (κ3) is 6.12. The Morgan fingerprint density at radius 3 is 2.68 bits per heavy atom. The lowest BCUT2D eigenvalue weighted by Gasteiger charge is -2.30. The summed E-state index contributed by atoms with van der Waals surface area (Å²) in [6.07, 6.45) is 9.04. The number of nitrogens with one attached hydrogen (secondary N) is 1. The fraction of sp³-hybridized carbons (Fsp3) is 0.500. The number of esters is 1. The molecule has 0 bridgehead atoms. The van der Waals surface area contributed by atoms with Gasteiger partial charge in [0.1, 0.15) is 11.6 Å². The zero-order valence-electron chi connectivity index (χ0n) is 16.7. The van der Waals surface area contributed by atoms with Gasteiger partial charge in [-0.15, -0.1) is 0 Å². The summed E-state index contributed by atoms with van der Waals surface area (Å²) in [5.74, 6) is -1.01. The molecule has 1 N–H and O–H groups in total. The number of nitriles is 1. The van der Waals surface area contributed by atoms with E-state index in [-0.39, 0.29) is 11.1 Å². The molecular weight excluding hydrogens is 354 g/mol. The van der Waals surface area contributed by atoms with Crippen LogP contribution in [-0.2, 0) is 9.53 Å². The number of hydrogen-bond donors (Lipinski definition) is 1. The molecule has 1 amide bonds. The maximum Gasteiger partial charge on any atom is 0.340 e. The van der Waals surface area contributed by atoms with E-state index in [0.29, 0.717) is 18.3 Å². The van der Waals surface area contributed by atoms with Gasteiger partial charge in [-0.1, -0.05) is 44.7 Å². The van der Waals surface area contributed by atoms with E-state index in [2.05, 4.69) is 5.32 Å². The van der Waals surface area contributed by atoms with Crippen LogP contribution in [0.4, 0.5) is 5.69 Å². The van der Waals surface area contributed by atoms with Crippen molar-refractivity contribution in [3.8, 4) is 6.07 Å². The summed E-state index contributed by atoms with van der Waals surface area (Å²) in [4.78, 5) is 26.9. The lowest BCUT2D eigenvalue weighted by molar-refractivity contribution is -0.112. The maximum atomic E-state index is 12.6. The van der Waals surface area contributed by atoms with E-state index in [1.807, 2.05) is 24.9 Å². The standard InChI is InChI=1S/C22H29N3O3/c1-3-4-14-28-22(27)19-12-8-9-13-20(19)24-21(26)17(15-23)16-25(2)18-10-6-5-7-11-18/h8-9,12-13,16,18H,3-7,10-11,14H2,1-2H3,(H,24,26)/b17-16-. The van der Waals surface area contributed by atoms with Gasteiger partial charge in [-0.25, -0.2) is 4.79 Å². The monoisotopic (exact) mass is 383 g/mol. The van der Waals surface area contributed by atoms with Crippen molar-refractivity contribution in [1.82, 2.24) is 4.90 Å². The van der Waals surface area contributed by atoms with Crippen LogP contribution in [0.5, 0.6) is 0 Å². The van der Waals surface area contributed by atoms with Gasteiger partial charge in [-0.05, 0) is 31.4 Å². The molecule has 1 aromatic carbocycles. The summed E-state index contributed by atoms with van der Waals surface area (Å²) in [6.45, 7) is 2.36. The molecule has 150 valence electrons. The molecule has 0 heterocycles. The number of rotatable bonds is 8. The Hall–Kier alpha value is -2.81. The van der Waals surface area contributed by atoms with Crippen molar-refractivity contribution >= 4 is 17.6 Å². The molecule has 0 saturated heterocycles. The Balaban J connectivity index is 2.09. The van der Waals surface area contributed by atoms with Crippen LogP contribution in [0.15, 0.2) is 36.0 Å². The second kappa shape index (κ2) is 11.1. The molecule has 2 rings (SSSR count). The van der Waals surface area contributed by atoms with Crippen LogP contribution in [0.1, 0.15) is 62.2 Å². The van der Waals surface area contributed by atoms with Crippen molar-refractivity contribution in [2.24, 2.45) is 0 Å². The number of para-hydroxylation sites is 1. The van der Waals surface area contributed by atoms with Gasteiger partial charge in [0.05, 0.1) is 17.9 Å². The summed E-state index contributed by atoms with van der Waals surface area (Å²) in [7, 11) is 1.90. The Morgan fingerprint density at radius 2 is 2.00 bits per heavy atom. The lowest BCUT2D eigenvalue weighted by atomic mass is 9.94. The van der Waals surface area contributed by atoms with Gasteiger partial charge in [0.15, 0.2) is 0 Å². The van der Waals surface area contributed by atoms with Gasteiger partial charge < -0.3 is 15.0 Å². The number of amides is 1. The first-order valence-corrected chi connectivity index (χ1v) is 9.98. The molecule has 0 aromatic heterocycles. The number of unbranched alkanes of at least 4 members (excludes halogenated alkanes) is 1. The Kier molecular flexibility index (Phi) is 8.54. The molecule has 1 fully saturated rings. The molecule has 1 saturated carbocycles. The van der Waals surface area contributed by atoms with Crippen LogP contribution < -0.4 is 5.32 Å². The quantitative estimate of drug-likeness (QED) is 0.314. The minimum atomic E-state index is -0.529. The summed E-state index contributed by atoms with van der Waals surface area (Å²) in [5, 5.41) is 12.1. The van der Waals surface area contributed by atoms with Crippen LogP contribution in [0.2, 0.25) is 0 Å². The van der Waals surface area contributed by atoms with E-state index in [9.17, 15) is 14.9 Å². The highest BCUT2D eigenvalue weighted by Gasteiger charge is 2.20. The van der Waals surface area contributed by atoms with Crippen molar-refractivity contribution in [2.75, 3.05) is 19.0 Å². The normalized spacial score (nSPS) is 14.8. The maximum absolute atomic E-state index is 12.6. The van der Waals surface area contributed by atoms with Crippen molar-refractivity contribution in [3.05, 3.63) is 41.6 Å². The van der Waals surface area contributed by atoms with Gasteiger partial charge in [-0.2, -0.15) is 5.26 Å². The third-order valence-electron chi connectivity index (χ3n) is 4.97. The SMILES string of the molecule is CCCCOC(=O)c1ccccc1NC(=O)/C(C#N)=C\N(C)C1CCCCC1. The van der Waals surface area contributed by atoms with E-state index < -0.39 is 11.9 Å². The molecule has 0 atom stereocenters. The predicted octanol–water partition coefficient (Wildman–Crippen LogP) is 4.25. The zero-order valence-corrected chi connectivity index (χ0v) is 16.7. The van der Waals surface area contributed by atoms with Crippen molar-refractivity contribution in [1.29, 1.82) is 5.26 Å². The number of nitrogens with zero attached hydrogens (tertiary/aromatic N) is 2. The van der Waals surface area contributed by atoms with Crippen LogP contribution in [0.3, 0.4) is 0 Å². The molecule has 6 heteroatoms. The first-order valence-electron chi connectivity index (χ1n) is 9.98. The smallest absolute Gasteiger partial charge is 0.340 e. The van der Waals surface area contributed by atoms with Gasteiger partial charge in [0, 0.05) is 19.3 Å². The van der Waals surface area contributed by atoms with Crippen LogP contribution in [-0.4, -0.2) is 36.5 Å². The number of carbonyl (C=O) groups excluding carboxylic acids is 2. The van der Waals surface area contributed by atoms with Gasteiger partial charge in [0.2, 0.25) is 0 Å². The molecule has 0 spiro atoms. The van der Waals surface area contributed by atoms with Gasteiger partial charge >= 0.3 is 5.97 Å². The van der Waals surface area contributed by atoms with Crippen LogP contribution >= 0.6 is 0 Å². The van der Waals surface area contributed by atoms with Crippen molar-refractivity contribution in [2.45, 2.75) is 57.9 Å². The molecule has 0 unspecified atom stereocenters. The topological polar surface area (TPSA) is 82.4 Å². The van der Waals surface area contributed by atoms with E-state index in [1.54, 1.807) is 30.5 Å². The van der Waals surface area contributed by atoms with Crippen LogP contribution in [0, 0.1) is 11.3 Å². The van der Waals surface area contributed by atoms with Crippen molar-refractivity contribution in [3.63, 3.8) is 0 Å². The molecule has 6 nitrogen and oxygen atoms in total. The second-order valence-electron chi connectivity index (χ2n) is 7.10. The number of ether oxygens (including phenoxy) is 1. The van der Waals surface area contributed by atoms with E-state index in [0.717, 1.165) is 25.7 Å². The first-order chi connectivity index (χ1) is 13.6. The van der Waals surface area contributed by atoms with Crippen molar-refractivity contribution < 1.29 is 14.3 Å². The fourth-order valence-electron chi connectivity index (χ4n) is 3.28. The minimum Gasteiger partial charge on any atom is -0.462 e. The molecule has 1 aliphatic carbocycles. The molecular formula is C22H29N3O3. The van der Waals surface area contributed by atoms with E-state index >= 15 is 0 Å². The molecule has 28 heavy (non-hydrogen) atoms. The molecule has 0 radical (unpaired) electrons. The largest absolute Gasteiger partial charge is 0.462 e. The van der Waals surface area contributed by atoms with Gasteiger partial charge in [-0.3, -0.25) is 4.79 Å². The summed E-state index contributed by atoms with van der Waals surface area (Å²) >= 11 is 0. The number of carbonyl (C=O) groups is 2. The minimum absolute atomic E-state index is 0.0160. The number of hydrogen-bond acceptors (Lipinski definition) is 5. The third-order valence-corrected chi connectivity index (χ3v) is 4.97. The highest BCUT2D eigenvalue weighted by Crippen LogP contribution is 2.22. The Morgan fingerprint density at radius 1 is 1.29 bits per heavy atom. The predicted molar refractivity (Wildman–Crippen MR) is 109 cm³/mol. The average molecular weight is 383 g/mol. The second-order valence-corrected chi connectivity index (χ2v) is 7.10. The lowest BCUT2D eigenvalue weighted by Crippen LogP contribution is -2.30. The summed E-state index contributed by atoms with van der Waals surface area (Å²) < 4.78 is 5.24. The average Bonchev–Trinajstić information content (AvgIpc) is 2.72. The number of benzene rings is 1.